The first-order valence-corrected chi connectivity index (χ1v) is 6.32. The molecule has 1 aliphatic rings. The molecule has 1 heterocycles. The van der Waals surface area contributed by atoms with Crippen LogP contribution in [0.3, 0.4) is 0 Å². The van der Waals surface area contributed by atoms with Crippen LogP contribution in [-0.2, 0) is 0 Å². The third-order valence-electron chi connectivity index (χ3n) is 3.58. The van der Waals surface area contributed by atoms with E-state index in [-0.39, 0.29) is 0 Å². The first-order valence-electron chi connectivity index (χ1n) is 6.32. The average molecular weight is 218 g/mol. The van der Waals surface area contributed by atoms with E-state index in [4.69, 9.17) is 0 Å². The summed E-state index contributed by atoms with van der Waals surface area (Å²) in [6.45, 7) is 6.86. The van der Waals surface area contributed by atoms with Gasteiger partial charge in [-0.05, 0) is 49.7 Å². The average Bonchev–Trinajstić information content (AvgIpc) is 2.20. The first-order chi connectivity index (χ1) is 7.65. The van der Waals surface area contributed by atoms with Crippen LogP contribution in [0.25, 0.3) is 0 Å². The molecular formula is C14H22N2. The predicted molar refractivity (Wildman–Crippen MR) is 68.6 cm³/mol. The van der Waals surface area contributed by atoms with Crippen LogP contribution in [0.1, 0.15) is 38.7 Å². The maximum absolute atomic E-state index is 4.19. The molecule has 0 amide bonds. The van der Waals surface area contributed by atoms with E-state index in [9.17, 15) is 0 Å². The summed E-state index contributed by atoms with van der Waals surface area (Å²) < 4.78 is 0. The molecule has 0 aliphatic heterocycles. The lowest BCUT2D eigenvalue weighted by Gasteiger charge is -2.32. The highest BCUT2D eigenvalue weighted by atomic mass is 14.9. The van der Waals surface area contributed by atoms with Gasteiger partial charge >= 0.3 is 0 Å². The zero-order valence-electron chi connectivity index (χ0n) is 10.5. The zero-order valence-corrected chi connectivity index (χ0v) is 10.5. The fraction of sp³-hybridized carbons (Fsp3) is 0.643. The molecule has 0 saturated heterocycles. The molecule has 1 aromatic heterocycles. The first kappa shape index (κ1) is 11.4. The largest absolute Gasteiger partial charge is 0.381 e. The van der Waals surface area contributed by atoms with Gasteiger partial charge in [-0.25, -0.2) is 0 Å². The molecule has 2 rings (SSSR count). The highest BCUT2D eigenvalue weighted by Crippen LogP contribution is 2.30. The number of anilines is 1. The summed E-state index contributed by atoms with van der Waals surface area (Å²) in [7, 11) is 0. The van der Waals surface area contributed by atoms with E-state index >= 15 is 0 Å². The van der Waals surface area contributed by atoms with Gasteiger partial charge in [0.2, 0.25) is 0 Å². The predicted octanol–water partition coefficient (Wildman–Crippen LogP) is 3.63. The van der Waals surface area contributed by atoms with Crippen molar-refractivity contribution in [3.05, 3.63) is 24.0 Å². The van der Waals surface area contributed by atoms with Crippen molar-refractivity contribution in [1.82, 2.24) is 4.98 Å². The Kier molecular flexibility index (Phi) is 3.47. The molecule has 0 bridgehead atoms. The number of nitrogens with zero attached hydrogens (tertiary/aromatic N) is 1. The summed E-state index contributed by atoms with van der Waals surface area (Å²) in [5.41, 5.74) is 2.50. The standard InChI is InChI=1S/C14H22N2/c1-10-6-11(2)8-13(7-10)16-14-9-15-5-4-12(14)3/h4-5,9-11,13,16H,6-8H2,1-3H3. The zero-order chi connectivity index (χ0) is 11.5. The van der Waals surface area contributed by atoms with Crippen molar-refractivity contribution in [3.8, 4) is 0 Å². The summed E-state index contributed by atoms with van der Waals surface area (Å²) >= 11 is 0. The third kappa shape index (κ3) is 2.75. The Hall–Kier alpha value is -1.05. The Morgan fingerprint density at radius 3 is 2.50 bits per heavy atom. The van der Waals surface area contributed by atoms with Crippen molar-refractivity contribution in [2.75, 3.05) is 5.32 Å². The van der Waals surface area contributed by atoms with Gasteiger partial charge < -0.3 is 5.32 Å². The minimum Gasteiger partial charge on any atom is -0.381 e. The maximum atomic E-state index is 4.19. The van der Waals surface area contributed by atoms with Crippen LogP contribution in [0.2, 0.25) is 0 Å². The molecule has 0 radical (unpaired) electrons. The lowest BCUT2D eigenvalue weighted by atomic mass is 9.80. The molecule has 1 saturated carbocycles. The second kappa shape index (κ2) is 4.86. The molecule has 2 heteroatoms. The van der Waals surface area contributed by atoms with Crippen LogP contribution in [0.15, 0.2) is 18.5 Å². The normalized spacial score (nSPS) is 30.1. The molecule has 0 aromatic carbocycles. The number of aromatic nitrogens is 1. The van der Waals surface area contributed by atoms with E-state index in [2.05, 4.69) is 37.1 Å². The van der Waals surface area contributed by atoms with Crippen molar-refractivity contribution < 1.29 is 0 Å². The summed E-state index contributed by atoms with van der Waals surface area (Å²) in [4.78, 5) is 4.19. The van der Waals surface area contributed by atoms with Gasteiger partial charge in [-0.3, -0.25) is 4.98 Å². The van der Waals surface area contributed by atoms with E-state index in [0.29, 0.717) is 6.04 Å². The minimum absolute atomic E-state index is 0.627. The Bertz CT molecular complexity index is 338. The quantitative estimate of drug-likeness (QED) is 0.820. The van der Waals surface area contributed by atoms with Gasteiger partial charge in [0.1, 0.15) is 0 Å². The summed E-state index contributed by atoms with van der Waals surface area (Å²) in [6.07, 6.45) is 7.76. The number of hydrogen-bond acceptors (Lipinski definition) is 2. The molecule has 1 N–H and O–H groups in total. The topological polar surface area (TPSA) is 24.9 Å². The lowest BCUT2D eigenvalue weighted by molar-refractivity contribution is 0.281. The van der Waals surface area contributed by atoms with Gasteiger partial charge in [0.15, 0.2) is 0 Å². The minimum atomic E-state index is 0.627. The second-order valence-corrected chi connectivity index (χ2v) is 5.45. The number of nitrogens with one attached hydrogen (secondary N) is 1. The van der Waals surface area contributed by atoms with Gasteiger partial charge in [-0.1, -0.05) is 13.8 Å². The van der Waals surface area contributed by atoms with Crippen molar-refractivity contribution in [2.45, 2.75) is 46.1 Å². The third-order valence-corrected chi connectivity index (χ3v) is 3.58. The fourth-order valence-electron chi connectivity index (χ4n) is 2.90. The van der Waals surface area contributed by atoms with Gasteiger partial charge in [-0.15, -0.1) is 0 Å². The molecule has 88 valence electrons. The maximum Gasteiger partial charge on any atom is 0.0558 e. The molecule has 1 aromatic rings. The second-order valence-electron chi connectivity index (χ2n) is 5.45. The Balaban J connectivity index is 2.02. The van der Waals surface area contributed by atoms with Crippen LogP contribution in [0.4, 0.5) is 5.69 Å². The Labute approximate surface area is 98.5 Å². The van der Waals surface area contributed by atoms with Crippen LogP contribution >= 0.6 is 0 Å². The van der Waals surface area contributed by atoms with E-state index < -0.39 is 0 Å². The molecule has 1 fully saturated rings. The van der Waals surface area contributed by atoms with Gasteiger partial charge in [0.05, 0.1) is 11.9 Å². The van der Waals surface area contributed by atoms with E-state index in [1.165, 1.54) is 30.5 Å². The molecule has 1 aliphatic carbocycles. The number of hydrogen-bond donors (Lipinski definition) is 1. The molecule has 2 nitrogen and oxygen atoms in total. The van der Waals surface area contributed by atoms with Crippen LogP contribution in [-0.4, -0.2) is 11.0 Å². The van der Waals surface area contributed by atoms with Crippen molar-refractivity contribution in [2.24, 2.45) is 11.8 Å². The summed E-state index contributed by atoms with van der Waals surface area (Å²) in [6, 6.07) is 2.69. The van der Waals surface area contributed by atoms with Crippen molar-refractivity contribution in [1.29, 1.82) is 0 Å². The van der Waals surface area contributed by atoms with E-state index in [1.54, 1.807) is 0 Å². The SMILES string of the molecule is Cc1ccncc1NC1CC(C)CC(C)C1. The summed E-state index contributed by atoms with van der Waals surface area (Å²) in [5.74, 6) is 1.69. The van der Waals surface area contributed by atoms with Crippen LogP contribution < -0.4 is 5.32 Å². The van der Waals surface area contributed by atoms with Crippen LogP contribution in [0, 0.1) is 18.8 Å². The smallest absolute Gasteiger partial charge is 0.0558 e. The fourth-order valence-corrected chi connectivity index (χ4v) is 2.90. The highest BCUT2D eigenvalue weighted by Gasteiger charge is 2.23. The van der Waals surface area contributed by atoms with Crippen molar-refractivity contribution in [3.63, 3.8) is 0 Å². The van der Waals surface area contributed by atoms with E-state index in [1.807, 2.05) is 12.4 Å². The molecule has 2 atom stereocenters. The van der Waals surface area contributed by atoms with Crippen LogP contribution in [0.5, 0.6) is 0 Å². The van der Waals surface area contributed by atoms with Crippen molar-refractivity contribution >= 4 is 5.69 Å². The van der Waals surface area contributed by atoms with E-state index in [0.717, 1.165) is 11.8 Å². The lowest BCUT2D eigenvalue weighted by Crippen LogP contribution is -2.30. The number of pyridine rings is 1. The Morgan fingerprint density at radius 1 is 1.19 bits per heavy atom. The summed E-state index contributed by atoms with van der Waals surface area (Å²) in [5, 5.41) is 3.65. The molecule has 2 unspecified atom stereocenters. The number of rotatable bonds is 2. The monoisotopic (exact) mass is 218 g/mol. The van der Waals surface area contributed by atoms with Gasteiger partial charge in [0.25, 0.3) is 0 Å². The number of aryl methyl sites for hydroxylation is 1. The molecule has 16 heavy (non-hydrogen) atoms. The molecular weight excluding hydrogens is 196 g/mol. The Morgan fingerprint density at radius 2 is 1.88 bits per heavy atom. The highest BCUT2D eigenvalue weighted by molar-refractivity contribution is 5.48. The molecule has 0 spiro atoms. The van der Waals surface area contributed by atoms with Gasteiger partial charge in [-0.2, -0.15) is 0 Å². The van der Waals surface area contributed by atoms with Gasteiger partial charge in [0, 0.05) is 12.2 Å².